The van der Waals surface area contributed by atoms with Crippen LogP contribution in [0.1, 0.15) is 0 Å². The lowest BCUT2D eigenvalue weighted by Gasteiger charge is -2.12. The normalized spacial score (nSPS) is 9.47. The van der Waals surface area contributed by atoms with Crippen LogP contribution in [0, 0.1) is 0 Å². The Labute approximate surface area is 101 Å². The fraction of sp³-hybridized carbons (Fsp3) is 0.300. The number of hydrogen-bond donors (Lipinski definition) is 3. The Morgan fingerprint density at radius 2 is 2.20 bits per heavy atom. The number of rotatable bonds is 4. The van der Waals surface area contributed by atoms with Crippen molar-refractivity contribution in [3.8, 4) is 5.75 Å². The minimum absolute atomic E-state index is 0.577. The number of ether oxygens (including phenoxy) is 1. The summed E-state index contributed by atoms with van der Waals surface area (Å²) in [6, 6.07) is 7.62. The Kier molecular flexibility index (Phi) is 5.28. The SMILES string of the molecule is COc1ccccc1NC(=S)NCCS. The van der Waals surface area contributed by atoms with Gasteiger partial charge in [-0.05, 0) is 24.4 Å². The summed E-state index contributed by atoms with van der Waals surface area (Å²) in [6.07, 6.45) is 0. The van der Waals surface area contributed by atoms with Crippen LogP contribution in [0.25, 0.3) is 0 Å². The molecule has 0 unspecified atom stereocenters. The number of benzene rings is 1. The van der Waals surface area contributed by atoms with E-state index < -0.39 is 0 Å². The van der Waals surface area contributed by atoms with Gasteiger partial charge in [-0.2, -0.15) is 12.6 Å². The van der Waals surface area contributed by atoms with Crippen LogP contribution in [0.4, 0.5) is 5.69 Å². The molecule has 0 spiro atoms. The summed E-state index contributed by atoms with van der Waals surface area (Å²) in [5, 5.41) is 6.66. The molecule has 0 aliphatic heterocycles. The third kappa shape index (κ3) is 3.97. The minimum atomic E-state index is 0.577. The molecule has 0 bridgehead atoms. The smallest absolute Gasteiger partial charge is 0.170 e. The van der Waals surface area contributed by atoms with Crippen molar-refractivity contribution in [1.82, 2.24) is 5.32 Å². The molecule has 15 heavy (non-hydrogen) atoms. The second kappa shape index (κ2) is 6.53. The van der Waals surface area contributed by atoms with Crippen molar-refractivity contribution in [3.63, 3.8) is 0 Å². The Morgan fingerprint density at radius 3 is 2.87 bits per heavy atom. The average Bonchev–Trinajstić information content (AvgIpc) is 2.27. The Balaban J connectivity index is 2.59. The molecule has 0 radical (unpaired) electrons. The number of methoxy groups -OCH3 is 1. The zero-order chi connectivity index (χ0) is 11.1. The van der Waals surface area contributed by atoms with Gasteiger partial charge in [0.1, 0.15) is 5.75 Å². The second-order valence-electron chi connectivity index (χ2n) is 2.80. The van der Waals surface area contributed by atoms with Gasteiger partial charge in [0.2, 0.25) is 0 Å². The standard InChI is InChI=1S/C10H14N2OS2/c1-13-9-5-3-2-4-8(9)12-10(15)11-6-7-14/h2-5,14H,6-7H2,1H3,(H2,11,12,15). The van der Waals surface area contributed by atoms with Gasteiger partial charge in [0.15, 0.2) is 5.11 Å². The van der Waals surface area contributed by atoms with Gasteiger partial charge in [-0.3, -0.25) is 0 Å². The summed E-state index contributed by atoms with van der Waals surface area (Å²) in [6.45, 7) is 0.740. The van der Waals surface area contributed by atoms with Gasteiger partial charge in [0.25, 0.3) is 0 Å². The Morgan fingerprint density at radius 1 is 1.47 bits per heavy atom. The summed E-state index contributed by atoms with van der Waals surface area (Å²) in [4.78, 5) is 0. The van der Waals surface area contributed by atoms with Crippen molar-refractivity contribution in [1.29, 1.82) is 0 Å². The first-order valence-corrected chi connectivity index (χ1v) is 5.60. The molecule has 2 N–H and O–H groups in total. The number of thiol groups is 1. The summed E-state index contributed by atoms with van der Waals surface area (Å²) < 4.78 is 5.19. The highest BCUT2D eigenvalue weighted by molar-refractivity contribution is 7.80. The first-order chi connectivity index (χ1) is 7.27. The molecule has 1 aromatic carbocycles. The maximum absolute atomic E-state index is 5.19. The van der Waals surface area contributed by atoms with Crippen LogP contribution in [-0.2, 0) is 0 Å². The van der Waals surface area contributed by atoms with Crippen LogP contribution in [0.5, 0.6) is 5.75 Å². The van der Waals surface area contributed by atoms with E-state index in [-0.39, 0.29) is 0 Å². The van der Waals surface area contributed by atoms with E-state index in [9.17, 15) is 0 Å². The molecule has 1 aromatic rings. The van der Waals surface area contributed by atoms with Crippen molar-refractivity contribution in [2.24, 2.45) is 0 Å². The molecule has 0 saturated carbocycles. The molecule has 1 rings (SSSR count). The first-order valence-electron chi connectivity index (χ1n) is 4.56. The van der Waals surface area contributed by atoms with E-state index in [4.69, 9.17) is 17.0 Å². The van der Waals surface area contributed by atoms with Gasteiger partial charge >= 0.3 is 0 Å². The fourth-order valence-corrected chi connectivity index (χ4v) is 1.41. The van der Waals surface area contributed by atoms with Crippen molar-refractivity contribution >= 4 is 35.6 Å². The van der Waals surface area contributed by atoms with E-state index >= 15 is 0 Å². The van der Waals surface area contributed by atoms with E-state index in [0.29, 0.717) is 5.11 Å². The molecular formula is C10H14N2OS2. The molecule has 3 nitrogen and oxygen atoms in total. The molecular weight excluding hydrogens is 228 g/mol. The highest BCUT2D eigenvalue weighted by Gasteiger charge is 2.02. The van der Waals surface area contributed by atoms with Crippen LogP contribution >= 0.6 is 24.8 Å². The van der Waals surface area contributed by atoms with Gasteiger partial charge in [0, 0.05) is 12.3 Å². The van der Waals surface area contributed by atoms with Gasteiger partial charge in [-0.25, -0.2) is 0 Å². The average molecular weight is 242 g/mol. The minimum Gasteiger partial charge on any atom is -0.495 e. The maximum Gasteiger partial charge on any atom is 0.170 e. The summed E-state index contributed by atoms with van der Waals surface area (Å²) in [5.74, 6) is 1.51. The van der Waals surface area contributed by atoms with Crippen LogP contribution in [0.2, 0.25) is 0 Å². The molecule has 0 heterocycles. The van der Waals surface area contributed by atoms with Crippen LogP contribution in [-0.4, -0.2) is 24.5 Å². The molecule has 82 valence electrons. The number of anilines is 1. The molecule has 0 atom stereocenters. The van der Waals surface area contributed by atoms with Crippen molar-refractivity contribution < 1.29 is 4.74 Å². The lowest BCUT2D eigenvalue weighted by Crippen LogP contribution is -2.30. The fourth-order valence-electron chi connectivity index (χ4n) is 1.08. The summed E-state index contributed by atoms with van der Waals surface area (Å²) in [7, 11) is 1.63. The third-order valence-corrected chi connectivity index (χ3v) is 2.22. The third-order valence-electron chi connectivity index (χ3n) is 1.75. The van der Waals surface area contributed by atoms with E-state index in [1.165, 1.54) is 0 Å². The zero-order valence-corrected chi connectivity index (χ0v) is 10.2. The first kappa shape index (κ1) is 12.1. The monoisotopic (exact) mass is 242 g/mol. The lowest BCUT2D eigenvalue weighted by atomic mass is 10.3. The van der Waals surface area contributed by atoms with E-state index in [1.807, 2.05) is 24.3 Å². The predicted molar refractivity (Wildman–Crippen MR) is 71.1 cm³/mol. The number of thiocarbonyl (C=S) groups is 1. The maximum atomic E-state index is 5.19. The van der Waals surface area contributed by atoms with E-state index in [1.54, 1.807) is 7.11 Å². The number of hydrogen-bond acceptors (Lipinski definition) is 3. The van der Waals surface area contributed by atoms with Gasteiger partial charge in [-0.1, -0.05) is 12.1 Å². The highest BCUT2D eigenvalue weighted by atomic mass is 32.1. The largest absolute Gasteiger partial charge is 0.495 e. The molecule has 0 fully saturated rings. The second-order valence-corrected chi connectivity index (χ2v) is 3.66. The lowest BCUT2D eigenvalue weighted by molar-refractivity contribution is 0.417. The molecule has 0 aromatic heterocycles. The predicted octanol–water partition coefficient (Wildman–Crippen LogP) is 1.91. The topological polar surface area (TPSA) is 33.3 Å². The Hall–Kier alpha value is -0.940. The van der Waals surface area contributed by atoms with Gasteiger partial charge in [-0.15, -0.1) is 0 Å². The van der Waals surface area contributed by atoms with Crippen LogP contribution in [0.15, 0.2) is 24.3 Å². The molecule has 0 aliphatic rings. The molecule has 0 aliphatic carbocycles. The molecule has 0 amide bonds. The van der Waals surface area contributed by atoms with Crippen molar-refractivity contribution in [2.75, 3.05) is 24.7 Å². The molecule has 0 saturated heterocycles. The van der Waals surface area contributed by atoms with Crippen LogP contribution < -0.4 is 15.4 Å². The summed E-state index contributed by atoms with van der Waals surface area (Å²) >= 11 is 9.18. The Bertz CT molecular complexity index is 331. The van der Waals surface area contributed by atoms with E-state index in [0.717, 1.165) is 23.7 Å². The number of nitrogens with one attached hydrogen (secondary N) is 2. The van der Waals surface area contributed by atoms with Gasteiger partial charge < -0.3 is 15.4 Å². The van der Waals surface area contributed by atoms with Crippen LogP contribution in [0.3, 0.4) is 0 Å². The van der Waals surface area contributed by atoms with E-state index in [2.05, 4.69) is 23.3 Å². The zero-order valence-electron chi connectivity index (χ0n) is 8.49. The van der Waals surface area contributed by atoms with Gasteiger partial charge in [0.05, 0.1) is 12.8 Å². The van der Waals surface area contributed by atoms with Crippen molar-refractivity contribution in [2.45, 2.75) is 0 Å². The highest BCUT2D eigenvalue weighted by Crippen LogP contribution is 2.22. The quantitative estimate of drug-likeness (QED) is 0.556. The summed E-state index contributed by atoms with van der Waals surface area (Å²) in [5.41, 5.74) is 0.858. The number of para-hydroxylation sites is 2. The molecule has 5 heteroatoms. The van der Waals surface area contributed by atoms with Crippen molar-refractivity contribution in [3.05, 3.63) is 24.3 Å².